The molecule has 5 heteroatoms. The SMILES string of the molecule is CC(C)c1cccc(-c2ccc(N3CCN(CC(=O)N4CCN(C5CCCC5)CC4)CC3)cc2)c1. The van der Waals surface area contributed by atoms with E-state index in [4.69, 9.17) is 0 Å². The highest BCUT2D eigenvalue weighted by atomic mass is 16.2. The molecule has 0 atom stereocenters. The molecular weight excluding hydrogens is 432 g/mol. The van der Waals surface area contributed by atoms with Gasteiger partial charge in [0.1, 0.15) is 0 Å². The lowest BCUT2D eigenvalue weighted by atomic mass is 9.97. The smallest absolute Gasteiger partial charge is 0.236 e. The van der Waals surface area contributed by atoms with Gasteiger partial charge in [0.25, 0.3) is 0 Å². The van der Waals surface area contributed by atoms with Crippen LogP contribution in [0, 0.1) is 0 Å². The number of piperazine rings is 2. The molecule has 5 rings (SSSR count). The Hall–Kier alpha value is -2.37. The average Bonchev–Trinajstić information content (AvgIpc) is 3.45. The molecule has 2 aliphatic heterocycles. The van der Waals surface area contributed by atoms with E-state index in [-0.39, 0.29) is 0 Å². The molecule has 0 radical (unpaired) electrons. The topological polar surface area (TPSA) is 30.0 Å². The van der Waals surface area contributed by atoms with Gasteiger partial charge in [0.15, 0.2) is 0 Å². The Morgan fingerprint density at radius 2 is 1.51 bits per heavy atom. The number of carbonyl (C=O) groups excluding carboxylic acids is 1. The fraction of sp³-hybridized carbons (Fsp3) is 0.567. The summed E-state index contributed by atoms with van der Waals surface area (Å²) in [4.78, 5) is 22.5. The summed E-state index contributed by atoms with van der Waals surface area (Å²) in [6.07, 6.45) is 5.47. The molecule has 2 aromatic rings. The number of rotatable bonds is 6. The van der Waals surface area contributed by atoms with Crippen LogP contribution in [0.5, 0.6) is 0 Å². The van der Waals surface area contributed by atoms with Crippen molar-refractivity contribution < 1.29 is 4.79 Å². The van der Waals surface area contributed by atoms with Gasteiger partial charge in [-0.2, -0.15) is 0 Å². The van der Waals surface area contributed by atoms with Gasteiger partial charge >= 0.3 is 0 Å². The van der Waals surface area contributed by atoms with Crippen LogP contribution in [0.3, 0.4) is 0 Å². The first-order chi connectivity index (χ1) is 17.1. The van der Waals surface area contributed by atoms with Crippen LogP contribution in [0.2, 0.25) is 0 Å². The fourth-order valence-corrected chi connectivity index (χ4v) is 6.00. The number of amides is 1. The maximum absolute atomic E-state index is 12.9. The fourth-order valence-electron chi connectivity index (χ4n) is 6.00. The van der Waals surface area contributed by atoms with Gasteiger partial charge in [-0.15, -0.1) is 0 Å². The zero-order valence-corrected chi connectivity index (χ0v) is 21.7. The molecule has 0 N–H and O–H groups in total. The van der Waals surface area contributed by atoms with E-state index in [1.165, 1.54) is 48.1 Å². The second kappa shape index (κ2) is 11.1. The molecule has 1 aliphatic carbocycles. The van der Waals surface area contributed by atoms with E-state index in [1.54, 1.807) is 0 Å². The lowest BCUT2D eigenvalue weighted by molar-refractivity contribution is -0.134. The Bertz CT molecular complexity index is 966. The minimum atomic E-state index is 0.317. The molecule has 2 heterocycles. The van der Waals surface area contributed by atoms with E-state index < -0.39 is 0 Å². The zero-order valence-electron chi connectivity index (χ0n) is 21.7. The summed E-state index contributed by atoms with van der Waals surface area (Å²) in [6, 6.07) is 18.7. The highest BCUT2D eigenvalue weighted by molar-refractivity contribution is 5.78. The van der Waals surface area contributed by atoms with Crippen LogP contribution in [0.25, 0.3) is 11.1 Å². The van der Waals surface area contributed by atoms with Crippen molar-refractivity contribution in [1.82, 2.24) is 14.7 Å². The molecule has 0 unspecified atom stereocenters. The molecule has 0 aromatic heterocycles. The van der Waals surface area contributed by atoms with E-state index in [1.807, 2.05) is 0 Å². The van der Waals surface area contributed by atoms with Crippen molar-refractivity contribution >= 4 is 11.6 Å². The lowest BCUT2D eigenvalue weighted by Gasteiger charge is -2.40. The predicted molar refractivity (Wildman–Crippen MR) is 145 cm³/mol. The van der Waals surface area contributed by atoms with Gasteiger partial charge in [-0.05, 0) is 47.6 Å². The Balaban J connectivity index is 1.08. The molecule has 3 fully saturated rings. The first kappa shape index (κ1) is 24.3. The molecule has 0 spiro atoms. The van der Waals surface area contributed by atoms with E-state index in [2.05, 4.69) is 82.0 Å². The van der Waals surface area contributed by atoms with E-state index in [0.717, 1.165) is 58.4 Å². The summed E-state index contributed by atoms with van der Waals surface area (Å²) in [5.74, 6) is 0.858. The van der Waals surface area contributed by atoms with Gasteiger partial charge in [-0.25, -0.2) is 0 Å². The molecule has 2 aromatic carbocycles. The second-order valence-corrected chi connectivity index (χ2v) is 10.9. The standard InChI is InChI=1S/C30H42N4O/c1-24(2)26-6-5-7-27(22-26)25-10-12-29(13-11-25)32-16-14-31(15-17-32)23-30(35)34-20-18-33(19-21-34)28-8-3-4-9-28/h5-7,10-13,22,24,28H,3-4,8-9,14-21,23H2,1-2H3. The van der Waals surface area contributed by atoms with Crippen molar-refractivity contribution in [1.29, 1.82) is 0 Å². The summed E-state index contributed by atoms with van der Waals surface area (Å²) in [6.45, 7) is 12.8. The molecular formula is C30H42N4O. The number of hydrogen-bond acceptors (Lipinski definition) is 4. The molecule has 3 aliphatic rings. The third kappa shape index (κ3) is 5.90. The Kier molecular flexibility index (Phi) is 7.74. The summed E-state index contributed by atoms with van der Waals surface area (Å²) >= 11 is 0. The Labute approximate surface area is 211 Å². The van der Waals surface area contributed by atoms with Crippen molar-refractivity contribution in [3.63, 3.8) is 0 Å². The van der Waals surface area contributed by atoms with Crippen LogP contribution in [-0.2, 0) is 4.79 Å². The van der Waals surface area contributed by atoms with Gasteiger partial charge < -0.3 is 9.80 Å². The molecule has 0 bridgehead atoms. The Morgan fingerprint density at radius 1 is 0.829 bits per heavy atom. The molecule has 35 heavy (non-hydrogen) atoms. The summed E-state index contributed by atoms with van der Waals surface area (Å²) < 4.78 is 0. The van der Waals surface area contributed by atoms with E-state index in [0.29, 0.717) is 18.4 Å². The van der Waals surface area contributed by atoms with Crippen molar-refractivity contribution in [2.24, 2.45) is 0 Å². The van der Waals surface area contributed by atoms with Crippen molar-refractivity contribution in [3.05, 3.63) is 54.1 Å². The molecule has 1 saturated carbocycles. The van der Waals surface area contributed by atoms with Crippen molar-refractivity contribution in [2.75, 3.05) is 63.8 Å². The maximum atomic E-state index is 12.9. The molecule has 5 nitrogen and oxygen atoms in total. The van der Waals surface area contributed by atoms with Crippen LogP contribution in [0.15, 0.2) is 48.5 Å². The Morgan fingerprint density at radius 3 is 2.17 bits per heavy atom. The number of nitrogens with zero attached hydrogens (tertiary/aromatic N) is 4. The minimum absolute atomic E-state index is 0.317. The minimum Gasteiger partial charge on any atom is -0.369 e. The van der Waals surface area contributed by atoms with Gasteiger partial charge in [-0.3, -0.25) is 14.6 Å². The van der Waals surface area contributed by atoms with Crippen LogP contribution >= 0.6 is 0 Å². The van der Waals surface area contributed by atoms with Crippen molar-refractivity contribution in [2.45, 2.75) is 51.5 Å². The number of benzene rings is 2. The number of carbonyl (C=O) groups is 1. The van der Waals surface area contributed by atoms with E-state index in [9.17, 15) is 4.79 Å². The predicted octanol–water partition coefficient (Wildman–Crippen LogP) is 4.69. The first-order valence-electron chi connectivity index (χ1n) is 13.8. The summed E-state index contributed by atoms with van der Waals surface area (Å²) in [5, 5.41) is 0. The van der Waals surface area contributed by atoms with Crippen LogP contribution in [0.1, 0.15) is 51.0 Å². The third-order valence-electron chi connectivity index (χ3n) is 8.36. The first-order valence-corrected chi connectivity index (χ1v) is 13.8. The highest BCUT2D eigenvalue weighted by Gasteiger charge is 2.29. The van der Waals surface area contributed by atoms with Crippen LogP contribution in [-0.4, -0.2) is 85.6 Å². The normalized spacial score (nSPS) is 20.7. The maximum Gasteiger partial charge on any atom is 0.236 e. The summed E-state index contributed by atoms with van der Waals surface area (Å²) in [7, 11) is 0. The zero-order chi connectivity index (χ0) is 24.2. The highest BCUT2D eigenvalue weighted by Crippen LogP contribution is 2.27. The summed E-state index contributed by atoms with van der Waals surface area (Å²) in [5.41, 5.74) is 5.22. The van der Waals surface area contributed by atoms with Crippen molar-refractivity contribution in [3.8, 4) is 11.1 Å². The number of anilines is 1. The molecule has 2 saturated heterocycles. The van der Waals surface area contributed by atoms with Gasteiger partial charge in [0.2, 0.25) is 5.91 Å². The quantitative estimate of drug-likeness (QED) is 0.608. The lowest BCUT2D eigenvalue weighted by Crippen LogP contribution is -2.55. The molecule has 188 valence electrons. The van der Waals surface area contributed by atoms with Crippen LogP contribution in [0.4, 0.5) is 5.69 Å². The number of hydrogen-bond donors (Lipinski definition) is 0. The van der Waals surface area contributed by atoms with E-state index >= 15 is 0 Å². The van der Waals surface area contributed by atoms with Gasteiger partial charge in [-0.1, -0.05) is 63.1 Å². The largest absolute Gasteiger partial charge is 0.369 e. The van der Waals surface area contributed by atoms with Crippen LogP contribution < -0.4 is 4.90 Å². The monoisotopic (exact) mass is 474 g/mol. The second-order valence-electron chi connectivity index (χ2n) is 10.9. The van der Waals surface area contributed by atoms with Gasteiger partial charge in [0.05, 0.1) is 6.54 Å². The third-order valence-corrected chi connectivity index (χ3v) is 8.36. The van der Waals surface area contributed by atoms with Gasteiger partial charge in [0, 0.05) is 64.1 Å². The average molecular weight is 475 g/mol. The molecule has 1 amide bonds.